The normalized spacial score (nSPS) is 18.4. The molecule has 4 N–H and O–H groups in total. The second-order valence-electron chi connectivity index (χ2n) is 9.03. The number of rotatable bonds is 6. The van der Waals surface area contributed by atoms with E-state index in [1.165, 1.54) is 6.20 Å². The van der Waals surface area contributed by atoms with E-state index in [4.69, 9.17) is 10.3 Å². The molecule has 1 aromatic carbocycles. The monoisotopic (exact) mass is 460 g/mol. The van der Waals surface area contributed by atoms with Crippen LogP contribution in [0.25, 0.3) is 17.0 Å². The van der Waals surface area contributed by atoms with Crippen molar-refractivity contribution < 1.29 is 9.32 Å². The molecule has 0 spiro atoms. The molecule has 0 aliphatic heterocycles. The van der Waals surface area contributed by atoms with E-state index in [0.717, 1.165) is 31.2 Å². The molecular weight excluding hydrogens is 432 g/mol. The minimum Gasteiger partial charge on any atom is -0.366 e. The highest BCUT2D eigenvalue weighted by Gasteiger charge is 2.20. The van der Waals surface area contributed by atoms with E-state index in [2.05, 4.69) is 30.9 Å². The molecule has 176 valence electrons. The van der Waals surface area contributed by atoms with Crippen molar-refractivity contribution in [3.63, 3.8) is 0 Å². The molecule has 4 aromatic rings. The molecule has 10 heteroatoms. The Morgan fingerprint density at radius 2 is 2.00 bits per heavy atom. The first kappa shape index (κ1) is 22.0. The zero-order valence-electron chi connectivity index (χ0n) is 19.2. The number of nitrogens with two attached hydrogens (primary N) is 1. The second-order valence-corrected chi connectivity index (χ2v) is 9.03. The summed E-state index contributed by atoms with van der Waals surface area (Å²) in [5.41, 5.74) is 8.32. The predicted octanol–water partition coefficient (Wildman–Crippen LogP) is 3.84. The lowest BCUT2D eigenvalue weighted by Crippen LogP contribution is -2.33. The van der Waals surface area contributed by atoms with E-state index in [1.807, 2.05) is 50.2 Å². The van der Waals surface area contributed by atoms with E-state index < -0.39 is 0 Å². The smallest absolute Gasteiger partial charge is 0.276 e. The molecule has 34 heavy (non-hydrogen) atoms. The van der Waals surface area contributed by atoms with Gasteiger partial charge in [0.15, 0.2) is 11.3 Å². The van der Waals surface area contributed by atoms with Gasteiger partial charge in [-0.3, -0.25) is 4.79 Å². The number of anilines is 2. The number of aromatic nitrogens is 5. The van der Waals surface area contributed by atoms with Gasteiger partial charge in [-0.2, -0.15) is 4.98 Å². The van der Waals surface area contributed by atoms with Crippen LogP contribution in [0.15, 0.2) is 47.1 Å². The summed E-state index contributed by atoms with van der Waals surface area (Å²) in [7, 11) is 0. The van der Waals surface area contributed by atoms with Crippen LogP contribution in [0.5, 0.6) is 0 Å². The molecule has 0 saturated heterocycles. The lowest BCUT2D eigenvalue weighted by Gasteiger charge is -2.27. The first-order chi connectivity index (χ1) is 16.5. The number of benzene rings is 1. The van der Waals surface area contributed by atoms with Crippen LogP contribution >= 0.6 is 0 Å². The maximum atomic E-state index is 13.1. The third-order valence-electron chi connectivity index (χ3n) is 6.03. The second kappa shape index (κ2) is 9.22. The minimum absolute atomic E-state index is 0.141. The van der Waals surface area contributed by atoms with E-state index >= 15 is 0 Å². The fraction of sp³-hybridized carbons (Fsp3) is 0.375. The Morgan fingerprint density at radius 3 is 2.76 bits per heavy atom. The maximum Gasteiger partial charge on any atom is 0.276 e. The number of nitrogens with zero attached hydrogens (tertiary/aromatic N) is 5. The standard InChI is InChI=1S/C24H28N8O2/c1-14(2)24-29-22(31-34-24)15-4-3-5-18(12-15)28-23(33)19-13-26-21-11-10-20(30-32(19)21)27-17-8-6-16(25)7-9-17/h3-5,10-14,16-17H,6-9,25H2,1-2H3,(H,27,30)(H,28,33). The fourth-order valence-corrected chi connectivity index (χ4v) is 4.10. The number of carbonyl (C=O) groups is 1. The minimum atomic E-state index is -0.311. The topological polar surface area (TPSA) is 136 Å². The van der Waals surface area contributed by atoms with Crippen molar-refractivity contribution in [2.24, 2.45) is 5.73 Å². The summed E-state index contributed by atoms with van der Waals surface area (Å²) in [6.07, 6.45) is 5.54. The molecule has 0 unspecified atom stereocenters. The van der Waals surface area contributed by atoms with Crippen LogP contribution in [0, 0.1) is 0 Å². The first-order valence-corrected chi connectivity index (χ1v) is 11.6. The van der Waals surface area contributed by atoms with Crippen LogP contribution in [-0.2, 0) is 0 Å². The Hall–Kier alpha value is -3.79. The molecule has 5 rings (SSSR count). The molecule has 3 aromatic heterocycles. The first-order valence-electron chi connectivity index (χ1n) is 11.6. The molecule has 1 aliphatic carbocycles. The van der Waals surface area contributed by atoms with Crippen molar-refractivity contribution in [1.82, 2.24) is 24.7 Å². The van der Waals surface area contributed by atoms with Crippen molar-refractivity contribution >= 4 is 23.1 Å². The summed E-state index contributed by atoms with van der Waals surface area (Å²) >= 11 is 0. The van der Waals surface area contributed by atoms with Crippen LogP contribution in [0.2, 0.25) is 0 Å². The summed E-state index contributed by atoms with van der Waals surface area (Å²) in [4.78, 5) is 21.8. The lowest BCUT2D eigenvalue weighted by atomic mass is 9.92. The van der Waals surface area contributed by atoms with Gasteiger partial charge in [0.25, 0.3) is 5.91 Å². The van der Waals surface area contributed by atoms with Gasteiger partial charge in [0.05, 0.1) is 6.20 Å². The highest BCUT2D eigenvalue weighted by Crippen LogP contribution is 2.23. The maximum absolute atomic E-state index is 13.1. The van der Waals surface area contributed by atoms with Gasteiger partial charge in [-0.15, -0.1) is 5.10 Å². The van der Waals surface area contributed by atoms with Crippen LogP contribution in [0.4, 0.5) is 11.5 Å². The molecule has 3 heterocycles. The highest BCUT2D eigenvalue weighted by atomic mass is 16.5. The molecule has 1 fully saturated rings. The van der Waals surface area contributed by atoms with Gasteiger partial charge in [-0.1, -0.05) is 31.1 Å². The van der Waals surface area contributed by atoms with E-state index in [9.17, 15) is 4.79 Å². The van der Waals surface area contributed by atoms with Gasteiger partial charge in [0.2, 0.25) is 11.7 Å². The molecule has 0 bridgehead atoms. The molecular formula is C24H28N8O2. The average Bonchev–Trinajstić information content (AvgIpc) is 3.48. The Kier molecular flexibility index (Phi) is 5.97. The van der Waals surface area contributed by atoms with Gasteiger partial charge in [-0.25, -0.2) is 9.50 Å². The van der Waals surface area contributed by atoms with Crippen LogP contribution in [-0.4, -0.2) is 42.7 Å². The summed E-state index contributed by atoms with van der Waals surface area (Å²) < 4.78 is 6.86. The van der Waals surface area contributed by atoms with E-state index in [-0.39, 0.29) is 17.9 Å². The summed E-state index contributed by atoms with van der Waals surface area (Å²) in [5.74, 6) is 1.59. The summed E-state index contributed by atoms with van der Waals surface area (Å²) in [6, 6.07) is 11.7. The quantitative estimate of drug-likeness (QED) is 0.395. The van der Waals surface area contributed by atoms with Crippen molar-refractivity contribution in [3.05, 3.63) is 54.2 Å². The van der Waals surface area contributed by atoms with Gasteiger partial charge in [0, 0.05) is 29.3 Å². The van der Waals surface area contributed by atoms with E-state index in [1.54, 1.807) is 4.52 Å². The number of carbonyl (C=O) groups excluding carboxylic acids is 1. The SMILES string of the molecule is CC(C)c1nc(-c2cccc(NC(=O)c3cnc4ccc(NC5CCC(N)CC5)nn34)c2)no1. The van der Waals surface area contributed by atoms with Crippen molar-refractivity contribution in [1.29, 1.82) is 0 Å². The number of nitrogens with one attached hydrogen (secondary N) is 2. The van der Waals surface area contributed by atoms with Crippen molar-refractivity contribution in [2.45, 2.75) is 57.5 Å². The number of hydrogen-bond donors (Lipinski definition) is 3. The van der Waals surface area contributed by atoms with E-state index in [0.29, 0.717) is 40.6 Å². The molecule has 10 nitrogen and oxygen atoms in total. The number of imidazole rings is 1. The third-order valence-corrected chi connectivity index (χ3v) is 6.03. The van der Waals surface area contributed by atoms with Crippen molar-refractivity contribution in [3.8, 4) is 11.4 Å². The number of hydrogen-bond acceptors (Lipinski definition) is 8. The molecule has 1 saturated carbocycles. The largest absolute Gasteiger partial charge is 0.366 e. The predicted molar refractivity (Wildman–Crippen MR) is 129 cm³/mol. The van der Waals surface area contributed by atoms with Gasteiger partial charge < -0.3 is 20.9 Å². The number of fused-ring (bicyclic) bond motifs is 1. The Bertz CT molecular complexity index is 1300. The Morgan fingerprint density at radius 1 is 1.18 bits per heavy atom. The zero-order valence-corrected chi connectivity index (χ0v) is 19.2. The fourth-order valence-electron chi connectivity index (χ4n) is 4.10. The van der Waals surface area contributed by atoms with Crippen molar-refractivity contribution in [2.75, 3.05) is 10.6 Å². The zero-order chi connectivity index (χ0) is 23.7. The molecule has 1 aliphatic rings. The summed E-state index contributed by atoms with van der Waals surface area (Å²) in [5, 5.41) is 15.0. The molecule has 1 amide bonds. The number of amides is 1. The van der Waals surface area contributed by atoms with Gasteiger partial charge in [0.1, 0.15) is 5.82 Å². The van der Waals surface area contributed by atoms with Gasteiger partial charge >= 0.3 is 0 Å². The van der Waals surface area contributed by atoms with Gasteiger partial charge in [-0.05, 0) is 49.9 Å². The summed E-state index contributed by atoms with van der Waals surface area (Å²) in [6.45, 7) is 3.98. The molecule has 0 radical (unpaired) electrons. The van der Waals surface area contributed by atoms with Crippen LogP contribution in [0.1, 0.15) is 61.8 Å². The van der Waals surface area contributed by atoms with Crippen LogP contribution in [0.3, 0.4) is 0 Å². The lowest BCUT2D eigenvalue weighted by molar-refractivity contribution is 0.102. The van der Waals surface area contributed by atoms with Crippen LogP contribution < -0.4 is 16.4 Å². The highest BCUT2D eigenvalue weighted by molar-refractivity contribution is 6.03. The Balaban J connectivity index is 1.33. The third kappa shape index (κ3) is 4.62. The molecule has 0 atom stereocenters. The average molecular weight is 461 g/mol. The Labute approximate surface area is 197 Å².